The van der Waals surface area contributed by atoms with Crippen molar-refractivity contribution in [1.29, 1.82) is 0 Å². The van der Waals surface area contributed by atoms with Gasteiger partial charge in [-0.3, -0.25) is 0 Å². The van der Waals surface area contributed by atoms with Crippen molar-refractivity contribution in [3.63, 3.8) is 0 Å². The molecule has 2 rings (SSSR count). The molecule has 100 valence electrons. The minimum atomic E-state index is -1.43. The molecule has 2 aromatic carbocycles. The summed E-state index contributed by atoms with van der Waals surface area (Å²) in [6, 6.07) is 5.77. The molecular formula is C13H7BrClF3O. The van der Waals surface area contributed by atoms with Crippen LogP contribution in [-0.2, 0) is 0 Å². The lowest BCUT2D eigenvalue weighted by molar-refractivity contribution is 0.213. The summed E-state index contributed by atoms with van der Waals surface area (Å²) in [5.41, 5.74) is -0.0452. The summed E-state index contributed by atoms with van der Waals surface area (Å²) < 4.78 is 39.8. The van der Waals surface area contributed by atoms with E-state index in [0.717, 1.165) is 12.1 Å². The summed E-state index contributed by atoms with van der Waals surface area (Å²) in [6.45, 7) is 0. The first kappa shape index (κ1) is 14.4. The van der Waals surface area contributed by atoms with Crippen molar-refractivity contribution in [2.75, 3.05) is 0 Å². The van der Waals surface area contributed by atoms with Gasteiger partial charge in [0.05, 0.1) is 4.47 Å². The van der Waals surface area contributed by atoms with Gasteiger partial charge >= 0.3 is 0 Å². The maximum atomic E-state index is 13.7. The minimum Gasteiger partial charge on any atom is -0.384 e. The third-order valence-electron chi connectivity index (χ3n) is 2.62. The van der Waals surface area contributed by atoms with Crippen LogP contribution in [0.5, 0.6) is 0 Å². The van der Waals surface area contributed by atoms with Crippen LogP contribution in [0.15, 0.2) is 34.8 Å². The molecule has 0 saturated carbocycles. The molecule has 0 heterocycles. The van der Waals surface area contributed by atoms with E-state index in [1.165, 1.54) is 18.2 Å². The molecule has 2 aromatic rings. The summed E-state index contributed by atoms with van der Waals surface area (Å²) in [6.07, 6.45) is -1.43. The van der Waals surface area contributed by atoms with E-state index < -0.39 is 23.6 Å². The van der Waals surface area contributed by atoms with Crippen molar-refractivity contribution < 1.29 is 18.3 Å². The molecule has 0 bridgehead atoms. The van der Waals surface area contributed by atoms with Crippen molar-refractivity contribution in [2.24, 2.45) is 0 Å². The van der Waals surface area contributed by atoms with Crippen LogP contribution >= 0.6 is 27.5 Å². The van der Waals surface area contributed by atoms with Crippen molar-refractivity contribution in [2.45, 2.75) is 6.10 Å². The van der Waals surface area contributed by atoms with Crippen LogP contribution < -0.4 is 0 Å². The number of benzene rings is 2. The quantitative estimate of drug-likeness (QED) is 0.784. The number of rotatable bonds is 2. The minimum absolute atomic E-state index is 0.0279. The van der Waals surface area contributed by atoms with Crippen molar-refractivity contribution in [1.82, 2.24) is 0 Å². The Morgan fingerprint density at radius 2 is 1.63 bits per heavy atom. The molecule has 0 fully saturated rings. The van der Waals surface area contributed by atoms with E-state index in [-0.39, 0.29) is 20.6 Å². The Labute approximate surface area is 120 Å². The highest BCUT2D eigenvalue weighted by molar-refractivity contribution is 9.10. The van der Waals surface area contributed by atoms with Gasteiger partial charge in [0.15, 0.2) is 11.6 Å². The van der Waals surface area contributed by atoms with Gasteiger partial charge in [-0.2, -0.15) is 0 Å². The zero-order valence-electron chi connectivity index (χ0n) is 9.30. The van der Waals surface area contributed by atoms with Crippen LogP contribution in [0.4, 0.5) is 13.2 Å². The lowest BCUT2D eigenvalue weighted by Crippen LogP contribution is -2.05. The van der Waals surface area contributed by atoms with Gasteiger partial charge in [-0.25, -0.2) is 13.2 Å². The first-order chi connectivity index (χ1) is 8.91. The van der Waals surface area contributed by atoms with Gasteiger partial charge in [-0.05, 0) is 34.1 Å². The molecule has 1 atom stereocenters. The molecule has 0 amide bonds. The molecule has 0 aliphatic heterocycles. The molecular weight excluding hydrogens is 344 g/mol. The smallest absolute Gasteiger partial charge is 0.173 e. The Morgan fingerprint density at radius 1 is 1.00 bits per heavy atom. The summed E-state index contributed by atoms with van der Waals surface area (Å²) in [7, 11) is 0. The molecule has 1 N–H and O–H groups in total. The average molecular weight is 352 g/mol. The van der Waals surface area contributed by atoms with Crippen molar-refractivity contribution in [3.8, 4) is 0 Å². The zero-order chi connectivity index (χ0) is 14.2. The Bertz CT molecular complexity index is 634. The zero-order valence-corrected chi connectivity index (χ0v) is 11.6. The molecule has 0 spiro atoms. The fourth-order valence-electron chi connectivity index (χ4n) is 1.64. The summed E-state index contributed by atoms with van der Waals surface area (Å²) in [4.78, 5) is 0. The van der Waals surface area contributed by atoms with E-state index in [4.69, 9.17) is 11.6 Å². The first-order valence-corrected chi connectivity index (χ1v) is 6.35. The number of aliphatic hydroxyl groups is 1. The summed E-state index contributed by atoms with van der Waals surface area (Å²) in [5.74, 6) is -2.91. The maximum absolute atomic E-state index is 13.7. The SMILES string of the molecule is OC(c1ccc(Cl)cc1F)c1ccc(F)c(F)c1Br. The van der Waals surface area contributed by atoms with Gasteiger partial charge < -0.3 is 5.11 Å². The predicted octanol–water partition coefficient (Wildman–Crippen LogP) is 4.60. The second kappa shape index (κ2) is 5.53. The second-order valence-corrected chi connectivity index (χ2v) is 5.06. The van der Waals surface area contributed by atoms with Crippen LogP contribution in [0.2, 0.25) is 5.02 Å². The van der Waals surface area contributed by atoms with E-state index in [2.05, 4.69) is 15.9 Å². The maximum Gasteiger partial charge on any atom is 0.173 e. The lowest BCUT2D eigenvalue weighted by atomic mass is 10.0. The molecule has 1 unspecified atom stereocenters. The standard InChI is InChI=1S/C13H7BrClF3O/c14-11-8(3-4-9(16)12(11)18)13(19)7-2-1-6(15)5-10(7)17/h1-5,13,19H. The van der Waals surface area contributed by atoms with E-state index in [1.807, 2.05) is 0 Å². The number of hydrogen-bond donors (Lipinski definition) is 1. The van der Waals surface area contributed by atoms with Crippen molar-refractivity contribution in [3.05, 3.63) is 68.4 Å². The van der Waals surface area contributed by atoms with E-state index in [9.17, 15) is 18.3 Å². The fraction of sp³-hybridized carbons (Fsp3) is 0.0769. The van der Waals surface area contributed by atoms with E-state index >= 15 is 0 Å². The highest BCUT2D eigenvalue weighted by atomic mass is 79.9. The van der Waals surface area contributed by atoms with Crippen molar-refractivity contribution >= 4 is 27.5 Å². The molecule has 0 saturated heterocycles. The second-order valence-electron chi connectivity index (χ2n) is 3.83. The molecule has 0 aliphatic carbocycles. The van der Waals surface area contributed by atoms with Crippen LogP contribution in [0, 0.1) is 17.5 Å². The number of halogens is 5. The lowest BCUT2D eigenvalue weighted by Gasteiger charge is -2.15. The topological polar surface area (TPSA) is 20.2 Å². The highest BCUT2D eigenvalue weighted by Crippen LogP contribution is 2.33. The Balaban J connectivity index is 2.50. The Morgan fingerprint density at radius 3 is 2.26 bits per heavy atom. The monoisotopic (exact) mass is 350 g/mol. The van der Waals surface area contributed by atoms with Gasteiger partial charge in [0.1, 0.15) is 11.9 Å². The van der Waals surface area contributed by atoms with Gasteiger partial charge in [0.25, 0.3) is 0 Å². The summed E-state index contributed by atoms with van der Waals surface area (Å²) >= 11 is 8.45. The molecule has 19 heavy (non-hydrogen) atoms. The van der Waals surface area contributed by atoms with Crippen LogP contribution in [0.25, 0.3) is 0 Å². The van der Waals surface area contributed by atoms with E-state index in [1.54, 1.807) is 0 Å². The first-order valence-electron chi connectivity index (χ1n) is 5.18. The molecule has 6 heteroatoms. The van der Waals surface area contributed by atoms with Crippen LogP contribution in [0.1, 0.15) is 17.2 Å². The Hall–Kier alpha value is -1.04. The Kier molecular flexibility index (Phi) is 4.18. The predicted molar refractivity (Wildman–Crippen MR) is 69.5 cm³/mol. The number of hydrogen-bond acceptors (Lipinski definition) is 1. The van der Waals surface area contributed by atoms with Gasteiger partial charge in [-0.15, -0.1) is 0 Å². The van der Waals surface area contributed by atoms with E-state index in [0.29, 0.717) is 0 Å². The van der Waals surface area contributed by atoms with Gasteiger partial charge in [-0.1, -0.05) is 23.7 Å². The van der Waals surface area contributed by atoms with Gasteiger partial charge in [0, 0.05) is 16.1 Å². The summed E-state index contributed by atoms with van der Waals surface area (Å²) in [5, 5.41) is 10.2. The largest absolute Gasteiger partial charge is 0.384 e. The third-order valence-corrected chi connectivity index (χ3v) is 3.66. The number of aliphatic hydroxyl groups excluding tert-OH is 1. The fourth-order valence-corrected chi connectivity index (χ4v) is 2.34. The third kappa shape index (κ3) is 2.78. The highest BCUT2D eigenvalue weighted by Gasteiger charge is 2.21. The van der Waals surface area contributed by atoms with Gasteiger partial charge in [0.2, 0.25) is 0 Å². The van der Waals surface area contributed by atoms with Crippen LogP contribution in [-0.4, -0.2) is 5.11 Å². The average Bonchev–Trinajstić information content (AvgIpc) is 2.35. The molecule has 0 aromatic heterocycles. The van der Waals surface area contributed by atoms with Crippen LogP contribution in [0.3, 0.4) is 0 Å². The molecule has 0 radical (unpaired) electrons. The molecule has 1 nitrogen and oxygen atoms in total. The normalized spacial score (nSPS) is 12.5. The molecule has 0 aliphatic rings.